The number of carbonyl (C=O) groups is 2. The maximum absolute atomic E-state index is 12.0. The van der Waals surface area contributed by atoms with Crippen LogP contribution in [0.3, 0.4) is 0 Å². The van der Waals surface area contributed by atoms with Crippen molar-refractivity contribution in [1.29, 1.82) is 0 Å². The smallest absolute Gasteiger partial charge is 0.254 e. The highest BCUT2D eigenvalue weighted by molar-refractivity contribution is 6.34. The summed E-state index contributed by atoms with van der Waals surface area (Å²) in [6.45, 7) is 3.90. The van der Waals surface area contributed by atoms with Crippen LogP contribution in [-0.4, -0.2) is 36.9 Å². The molecule has 0 aliphatic carbocycles. The van der Waals surface area contributed by atoms with Crippen molar-refractivity contribution >= 4 is 41.5 Å². The van der Waals surface area contributed by atoms with Gasteiger partial charge in [-0.05, 0) is 24.1 Å². The van der Waals surface area contributed by atoms with Gasteiger partial charge in [0.15, 0.2) is 0 Å². The molecule has 0 spiro atoms. The molecule has 0 aromatic heterocycles. The molecule has 0 saturated carbocycles. The van der Waals surface area contributed by atoms with Gasteiger partial charge >= 0.3 is 0 Å². The number of nitrogens with zero attached hydrogens (tertiary/aromatic N) is 1. The fourth-order valence-electron chi connectivity index (χ4n) is 1.75. The molecule has 7 heteroatoms. The monoisotopic (exact) mass is 347 g/mol. The Morgan fingerprint density at radius 2 is 1.95 bits per heavy atom. The van der Waals surface area contributed by atoms with Gasteiger partial charge in [0.05, 0.1) is 16.6 Å². The summed E-state index contributed by atoms with van der Waals surface area (Å²) in [4.78, 5) is 25.5. The first-order chi connectivity index (χ1) is 9.77. The lowest BCUT2D eigenvalue weighted by atomic mass is 9.99. The van der Waals surface area contributed by atoms with E-state index in [0.29, 0.717) is 16.3 Å². The van der Waals surface area contributed by atoms with Crippen molar-refractivity contribution in [3.8, 4) is 0 Å². The van der Waals surface area contributed by atoms with Gasteiger partial charge in [-0.1, -0.05) is 31.9 Å². The molecule has 1 aromatic rings. The van der Waals surface area contributed by atoms with E-state index < -0.39 is 6.04 Å². The third-order valence-corrected chi connectivity index (χ3v) is 3.76. The van der Waals surface area contributed by atoms with E-state index in [2.05, 4.69) is 5.32 Å². The lowest BCUT2D eigenvalue weighted by Gasteiger charge is -2.18. The predicted octanol–water partition coefficient (Wildman–Crippen LogP) is 2.78. The van der Waals surface area contributed by atoms with Crippen LogP contribution in [0.15, 0.2) is 18.2 Å². The van der Waals surface area contributed by atoms with Gasteiger partial charge in [-0.2, -0.15) is 0 Å². The lowest BCUT2D eigenvalue weighted by molar-refractivity contribution is -0.118. The van der Waals surface area contributed by atoms with Crippen LogP contribution in [-0.2, 0) is 4.79 Å². The Labute approximate surface area is 142 Å². The number of hydrogen-bond donors (Lipinski definition) is 2. The zero-order valence-corrected chi connectivity index (χ0v) is 14.8. The molecular formula is C15H23Cl2N3O2. The van der Waals surface area contributed by atoms with Gasteiger partial charge in [-0.15, -0.1) is 12.4 Å². The molecule has 0 radical (unpaired) electrons. The van der Waals surface area contributed by atoms with Crippen molar-refractivity contribution in [3.63, 3.8) is 0 Å². The number of halogens is 2. The molecule has 0 aliphatic rings. The Morgan fingerprint density at radius 1 is 1.36 bits per heavy atom. The van der Waals surface area contributed by atoms with Crippen LogP contribution in [0.25, 0.3) is 0 Å². The number of nitrogens with one attached hydrogen (secondary N) is 1. The zero-order valence-electron chi connectivity index (χ0n) is 13.2. The summed E-state index contributed by atoms with van der Waals surface area (Å²) < 4.78 is 0. The molecule has 2 unspecified atom stereocenters. The maximum atomic E-state index is 12.0. The van der Waals surface area contributed by atoms with Gasteiger partial charge in [0, 0.05) is 19.8 Å². The van der Waals surface area contributed by atoms with Crippen molar-refractivity contribution in [3.05, 3.63) is 28.8 Å². The molecule has 5 nitrogen and oxygen atoms in total. The standard InChI is InChI=1S/C15H22ClN3O2.ClH/c1-5-9(2)13(17)14(20)18-10-6-7-12(16)11(8-10)15(21)19(3)4;/h6-9,13H,5,17H2,1-4H3,(H,18,20);1H. The normalized spacial score (nSPS) is 12.8. The summed E-state index contributed by atoms with van der Waals surface area (Å²) >= 11 is 6.02. The zero-order chi connectivity index (χ0) is 16.2. The molecule has 2 atom stereocenters. The van der Waals surface area contributed by atoms with E-state index >= 15 is 0 Å². The average molecular weight is 348 g/mol. The van der Waals surface area contributed by atoms with E-state index in [1.165, 1.54) is 4.90 Å². The van der Waals surface area contributed by atoms with Crippen molar-refractivity contribution in [2.45, 2.75) is 26.3 Å². The summed E-state index contributed by atoms with van der Waals surface area (Å²) in [5, 5.41) is 3.07. The van der Waals surface area contributed by atoms with Crippen LogP contribution < -0.4 is 11.1 Å². The third kappa shape index (κ3) is 5.16. The van der Waals surface area contributed by atoms with Crippen molar-refractivity contribution in [1.82, 2.24) is 4.90 Å². The molecule has 0 fully saturated rings. The number of amides is 2. The molecule has 124 valence electrons. The highest BCUT2D eigenvalue weighted by atomic mass is 35.5. The fourth-order valence-corrected chi connectivity index (χ4v) is 1.94. The number of benzene rings is 1. The van der Waals surface area contributed by atoms with E-state index in [0.717, 1.165) is 6.42 Å². The van der Waals surface area contributed by atoms with E-state index in [-0.39, 0.29) is 30.1 Å². The van der Waals surface area contributed by atoms with E-state index in [4.69, 9.17) is 17.3 Å². The maximum Gasteiger partial charge on any atom is 0.254 e. The summed E-state index contributed by atoms with van der Waals surface area (Å²) in [6, 6.07) is 4.21. The van der Waals surface area contributed by atoms with Crippen molar-refractivity contribution in [2.24, 2.45) is 11.7 Å². The van der Waals surface area contributed by atoms with Crippen LogP contribution in [0.1, 0.15) is 30.6 Å². The largest absolute Gasteiger partial charge is 0.345 e. The highest BCUT2D eigenvalue weighted by Crippen LogP contribution is 2.22. The fraction of sp³-hybridized carbons (Fsp3) is 0.467. The number of anilines is 1. The number of hydrogen-bond acceptors (Lipinski definition) is 3. The second kappa shape index (κ2) is 8.98. The van der Waals surface area contributed by atoms with Gasteiger partial charge < -0.3 is 16.0 Å². The third-order valence-electron chi connectivity index (χ3n) is 3.43. The quantitative estimate of drug-likeness (QED) is 0.859. The molecule has 0 aliphatic heterocycles. The number of nitrogens with two attached hydrogens (primary N) is 1. The molecule has 1 aromatic carbocycles. The first kappa shape index (κ1) is 20.7. The molecule has 22 heavy (non-hydrogen) atoms. The first-order valence-corrected chi connectivity index (χ1v) is 7.23. The summed E-state index contributed by atoms with van der Waals surface area (Å²) in [6.07, 6.45) is 0.819. The van der Waals surface area contributed by atoms with Crippen LogP contribution in [0, 0.1) is 5.92 Å². The molecule has 3 N–H and O–H groups in total. The van der Waals surface area contributed by atoms with Crippen molar-refractivity contribution in [2.75, 3.05) is 19.4 Å². The Kier molecular flexibility index (Phi) is 8.45. The van der Waals surface area contributed by atoms with Crippen LogP contribution in [0.4, 0.5) is 5.69 Å². The Morgan fingerprint density at radius 3 is 2.45 bits per heavy atom. The minimum atomic E-state index is -0.585. The SMILES string of the molecule is CCC(C)C(N)C(=O)Nc1ccc(Cl)c(C(=O)N(C)C)c1.Cl. The van der Waals surface area contributed by atoms with Gasteiger partial charge in [-0.25, -0.2) is 0 Å². The Hall–Kier alpha value is -1.30. The molecular weight excluding hydrogens is 325 g/mol. The van der Waals surface area contributed by atoms with E-state index in [1.54, 1.807) is 32.3 Å². The molecule has 0 heterocycles. The van der Waals surface area contributed by atoms with Crippen LogP contribution in [0.2, 0.25) is 5.02 Å². The summed E-state index contributed by atoms with van der Waals surface area (Å²) in [7, 11) is 3.28. The summed E-state index contributed by atoms with van der Waals surface area (Å²) in [5.41, 5.74) is 6.73. The van der Waals surface area contributed by atoms with Crippen LogP contribution >= 0.6 is 24.0 Å². The second-order valence-electron chi connectivity index (χ2n) is 5.29. The molecule has 0 bridgehead atoms. The van der Waals surface area contributed by atoms with E-state index in [9.17, 15) is 9.59 Å². The van der Waals surface area contributed by atoms with Crippen molar-refractivity contribution < 1.29 is 9.59 Å². The van der Waals surface area contributed by atoms with Gasteiger partial charge in [0.1, 0.15) is 0 Å². The average Bonchev–Trinajstić information content (AvgIpc) is 2.46. The number of rotatable bonds is 5. The Balaban J connectivity index is 0.00000441. The topological polar surface area (TPSA) is 75.4 Å². The second-order valence-corrected chi connectivity index (χ2v) is 5.70. The van der Waals surface area contributed by atoms with Gasteiger partial charge in [0.2, 0.25) is 5.91 Å². The minimum Gasteiger partial charge on any atom is -0.345 e. The minimum absolute atomic E-state index is 0. The summed E-state index contributed by atoms with van der Waals surface area (Å²) in [5.74, 6) is -0.405. The number of carbonyl (C=O) groups excluding carboxylic acids is 2. The van der Waals surface area contributed by atoms with Gasteiger partial charge in [0.25, 0.3) is 5.91 Å². The highest BCUT2D eigenvalue weighted by Gasteiger charge is 2.20. The Bertz CT molecular complexity index is 536. The van der Waals surface area contributed by atoms with E-state index in [1.807, 2.05) is 13.8 Å². The molecule has 0 saturated heterocycles. The van der Waals surface area contributed by atoms with Crippen LogP contribution in [0.5, 0.6) is 0 Å². The molecule has 1 rings (SSSR count). The lowest BCUT2D eigenvalue weighted by Crippen LogP contribution is -2.40. The first-order valence-electron chi connectivity index (χ1n) is 6.85. The molecule has 2 amide bonds. The predicted molar refractivity (Wildman–Crippen MR) is 92.8 cm³/mol. The van der Waals surface area contributed by atoms with Gasteiger partial charge in [-0.3, -0.25) is 9.59 Å².